The van der Waals surface area contributed by atoms with Crippen LogP contribution in [-0.2, 0) is 4.74 Å². The van der Waals surface area contributed by atoms with Gasteiger partial charge in [-0.05, 0) is 32.1 Å². The molecule has 0 radical (unpaired) electrons. The minimum absolute atomic E-state index is 0.841. The Hall–Kier alpha value is 0.270. The lowest BCUT2D eigenvalue weighted by Crippen LogP contribution is -2.19. The van der Waals surface area contributed by atoms with Gasteiger partial charge in [-0.15, -0.1) is 0 Å². The third-order valence-electron chi connectivity index (χ3n) is 2.16. The van der Waals surface area contributed by atoms with E-state index in [9.17, 15) is 0 Å². The predicted molar refractivity (Wildman–Crippen MR) is 70.8 cm³/mol. The van der Waals surface area contributed by atoms with Crippen LogP contribution in [0.15, 0.2) is 0 Å². The first-order valence-electron chi connectivity index (χ1n) is 6.28. The van der Waals surface area contributed by atoms with Crippen LogP contribution in [0.2, 0.25) is 0 Å². The highest BCUT2D eigenvalue weighted by Gasteiger charge is 1.90. The summed E-state index contributed by atoms with van der Waals surface area (Å²) in [5.41, 5.74) is 0. The Bertz CT molecular complexity index is 99.8. The van der Waals surface area contributed by atoms with Gasteiger partial charge in [0.05, 0.1) is 0 Å². The topological polar surface area (TPSA) is 21.3 Å². The summed E-state index contributed by atoms with van der Waals surface area (Å²) in [6.45, 7) is 8.27. The molecule has 15 heavy (non-hydrogen) atoms. The molecule has 0 aromatic carbocycles. The van der Waals surface area contributed by atoms with Crippen LogP contribution in [0.25, 0.3) is 0 Å². The molecule has 0 rings (SSSR count). The summed E-state index contributed by atoms with van der Waals surface area (Å²) in [4.78, 5) is 0. The van der Waals surface area contributed by atoms with Crippen LogP contribution in [0.4, 0.5) is 0 Å². The molecule has 0 aliphatic carbocycles. The molecule has 0 aromatic rings. The molecule has 0 aromatic heterocycles. The Morgan fingerprint density at radius 1 is 1.00 bits per heavy atom. The second-order valence-corrected chi connectivity index (χ2v) is 4.84. The fraction of sp³-hybridized carbons (Fsp3) is 1.00. The van der Waals surface area contributed by atoms with Crippen molar-refractivity contribution < 1.29 is 4.74 Å². The van der Waals surface area contributed by atoms with Gasteiger partial charge in [0.25, 0.3) is 0 Å². The van der Waals surface area contributed by atoms with Crippen LogP contribution in [-0.4, -0.2) is 37.8 Å². The average Bonchev–Trinajstić information content (AvgIpc) is 2.26. The van der Waals surface area contributed by atoms with Crippen molar-refractivity contribution in [3.63, 3.8) is 0 Å². The maximum atomic E-state index is 5.26. The molecular formula is C12H27NOS. The standard InChI is InChI=1S/C12H27NOS/c1-3-5-6-11-15-12-9-13-8-7-10-14-4-2/h13H,3-12H2,1-2H3. The molecule has 0 saturated heterocycles. The maximum absolute atomic E-state index is 5.26. The van der Waals surface area contributed by atoms with Gasteiger partial charge in [0.1, 0.15) is 0 Å². The lowest BCUT2D eigenvalue weighted by atomic mass is 10.3. The van der Waals surface area contributed by atoms with Gasteiger partial charge in [-0.2, -0.15) is 11.8 Å². The molecule has 3 heteroatoms. The second kappa shape index (κ2) is 14.3. The molecule has 0 atom stereocenters. The molecule has 1 N–H and O–H groups in total. The van der Waals surface area contributed by atoms with Crippen molar-refractivity contribution in [2.75, 3.05) is 37.8 Å². The summed E-state index contributed by atoms with van der Waals surface area (Å²) in [5, 5.41) is 3.43. The molecule has 0 aliphatic rings. The first-order chi connectivity index (χ1) is 7.41. The van der Waals surface area contributed by atoms with Crippen LogP contribution < -0.4 is 5.32 Å². The van der Waals surface area contributed by atoms with E-state index >= 15 is 0 Å². The van der Waals surface area contributed by atoms with E-state index in [2.05, 4.69) is 24.0 Å². The molecule has 0 spiro atoms. The zero-order valence-electron chi connectivity index (χ0n) is 10.4. The summed E-state index contributed by atoms with van der Waals surface area (Å²) in [7, 11) is 0. The van der Waals surface area contributed by atoms with E-state index in [0.29, 0.717) is 0 Å². The van der Waals surface area contributed by atoms with Crippen molar-refractivity contribution in [2.45, 2.75) is 39.5 Å². The molecule has 0 heterocycles. The van der Waals surface area contributed by atoms with Crippen LogP contribution in [0.5, 0.6) is 0 Å². The van der Waals surface area contributed by atoms with E-state index in [0.717, 1.165) is 32.7 Å². The number of hydrogen-bond donors (Lipinski definition) is 1. The summed E-state index contributed by atoms with van der Waals surface area (Å²) < 4.78 is 5.26. The van der Waals surface area contributed by atoms with Gasteiger partial charge in [-0.1, -0.05) is 19.8 Å². The molecule has 0 saturated carbocycles. The molecule has 0 unspecified atom stereocenters. The van der Waals surface area contributed by atoms with Crippen LogP contribution in [0.1, 0.15) is 39.5 Å². The van der Waals surface area contributed by atoms with Gasteiger partial charge in [-0.3, -0.25) is 0 Å². The van der Waals surface area contributed by atoms with E-state index in [1.807, 2.05) is 6.92 Å². The van der Waals surface area contributed by atoms with Crippen LogP contribution in [0, 0.1) is 0 Å². The molecule has 0 amide bonds. The van der Waals surface area contributed by atoms with Crippen LogP contribution >= 0.6 is 11.8 Å². The summed E-state index contributed by atoms with van der Waals surface area (Å²) in [5.74, 6) is 2.58. The monoisotopic (exact) mass is 233 g/mol. The number of hydrogen-bond acceptors (Lipinski definition) is 3. The Balaban J connectivity index is 2.81. The van der Waals surface area contributed by atoms with Gasteiger partial charge in [0.15, 0.2) is 0 Å². The lowest BCUT2D eigenvalue weighted by molar-refractivity contribution is 0.145. The smallest absolute Gasteiger partial charge is 0.0477 e. The minimum Gasteiger partial charge on any atom is -0.382 e. The fourth-order valence-electron chi connectivity index (χ4n) is 1.27. The molecule has 0 bridgehead atoms. The third-order valence-corrected chi connectivity index (χ3v) is 3.23. The van der Waals surface area contributed by atoms with Gasteiger partial charge in [0, 0.05) is 25.5 Å². The fourth-order valence-corrected chi connectivity index (χ4v) is 2.17. The maximum Gasteiger partial charge on any atom is 0.0477 e. The minimum atomic E-state index is 0.841. The number of thioether (sulfide) groups is 1. The zero-order chi connectivity index (χ0) is 11.2. The van der Waals surface area contributed by atoms with E-state index < -0.39 is 0 Å². The molecule has 0 fully saturated rings. The van der Waals surface area contributed by atoms with E-state index in [4.69, 9.17) is 4.74 Å². The zero-order valence-corrected chi connectivity index (χ0v) is 11.2. The number of rotatable bonds is 12. The Labute approximate surface area is 99.5 Å². The van der Waals surface area contributed by atoms with E-state index in [1.165, 1.54) is 30.8 Å². The van der Waals surface area contributed by atoms with Crippen molar-refractivity contribution >= 4 is 11.8 Å². The van der Waals surface area contributed by atoms with E-state index in [-0.39, 0.29) is 0 Å². The number of unbranched alkanes of at least 4 members (excludes halogenated alkanes) is 2. The van der Waals surface area contributed by atoms with Crippen molar-refractivity contribution in [3.8, 4) is 0 Å². The van der Waals surface area contributed by atoms with Gasteiger partial charge in [-0.25, -0.2) is 0 Å². The summed E-state index contributed by atoms with van der Waals surface area (Å²) in [6.07, 6.45) is 5.23. The highest BCUT2D eigenvalue weighted by atomic mass is 32.2. The number of ether oxygens (including phenoxy) is 1. The van der Waals surface area contributed by atoms with Crippen molar-refractivity contribution in [1.29, 1.82) is 0 Å². The molecule has 2 nitrogen and oxygen atoms in total. The van der Waals surface area contributed by atoms with Gasteiger partial charge >= 0.3 is 0 Å². The Morgan fingerprint density at radius 2 is 1.87 bits per heavy atom. The highest BCUT2D eigenvalue weighted by molar-refractivity contribution is 7.99. The SMILES string of the molecule is CCCCCSCCNCCCOCC. The van der Waals surface area contributed by atoms with Crippen molar-refractivity contribution in [2.24, 2.45) is 0 Å². The van der Waals surface area contributed by atoms with Crippen molar-refractivity contribution in [3.05, 3.63) is 0 Å². The van der Waals surface area contributed by atoms with Gasteiger partial charge in [0.2, 0.25) is 0 Å². The summed E-state index contributed by atoms with van der Waals surface area (Å²) >= 11 is 2.07. The lowest BCUT2D eigenvalue weighted by Gasteiger charge is -2.04. The normalized spacial score (nSPS) is 10.8. The predicted octanol–water partition coefficient (Wildman–Crippen LogP) is 2.93. The average molecular weight is 233 g/mol. The molecule has 0 aliphatic heterocycles. The van der Waals surface area contributed by atoms with Gasteiger partial charge < -0.3 is 10.1 Å². The summed E-state index contributed by atoms with van der Waals surface area (Å²) in [6, 6.07) is 0. The quantitative estimate of drug-likeness (QED) is 0.524. The van der Waals surface area contributed by atoms with Crippen molar-refractivity contribution in [1.82, 2.24) is 5.32 Å². The Kier molecular flexibility index (Phi) is 14.5. The highest BCUT2D eigenvalue weighted by Crippen LogP contribution is 2.04. The number of nitrogens with one attached hydrogen (secondary N) is 1. The first kappa shape index (κ1) is 15.3. The van der Waals surface area contributed by atoms with Crippen LogP contribution in [0.3, 0.4) is 0 Å². The second-order valence-electron chi connectivity index (χ2n) is 3.62. The van der Waals surface area contributed by atoms with E-state index in [1.54, 1.807) is 0 Å². The first-order valence-corrected chi connectivity index (χ1v) is 7.43. The molecular weight excluding hydrogens is 206 g/mol. The Morgan fingerprint density at radius 3 is 2.60 bits per heavy atom. The third kappa shape index (κ3) is 14.3. The molecule has 92 valence electrons. The largest absolute Gasteiger partial charge is 0.382 e.